The number of methoxy groups -OCH3 is 1. The molecule has 1 fully saturated rings. The van der Waals surface area contributed by atoms with Crippen LogP contribution >= 0.6 is 0 Å². The average Bonchev–Trinajstić information content (AvgIpc) is 2.85. The van der Waals surface area contributed by atoms with Crippen molar-refractivity contribution < 1.29 is 19.1 Å². The molecule has 1 aliphatic rings. The van der Waals surface area contributed by atoms with Gasteiger partial charge in [0.2, 0.25) is 5.91 Å². The standard InChI is InChI=1S/C29H41N3O4/c1-20(33)31(5)25-13-8-21(9-14-25)22-10-17-27(35-7)23(18-22)19-30-24-11-15-26(16-12-24)32(6)28(34)36-29(2,3)4/h8-10,13-14,17-18,24,26,30H,11-12,15-16,19H2,1-7H3/t24-,26-. The van der Waals surface area contributed by atoms with Gasteiger partial charge in [-0.2, -0.15) is 0 Å². The second kappa shape index (κ2) is 11.8. The van der Waals surface area contributed by atoms with Crippen molar-refractivity contribution in [2.45, 2.75) is 77.6 Å². The van der Waals surface area contributed by atoms with Crippen molar-refractivity contribution in [1.82, 2.24) is 10.2 Å². The van der Waals surface area contributed by atoms with E-state index >= 15 is 0 Å². The fourth-order valence-electron chi connectivity index (χ4n) is 4.56. The third-order valence-corrected chi connectivity index (χ3v) is 6.85. The highest BCUT2D eigenvalue weighted by Crippen LogP contribution is 2.29. The summed E-state index contributed by atoms with van der Waals surface area (Å²) in [4.78, 5) is 27.4. The first kappa shape index (κ1) is 27.5. The molecule has 0 spiro atoms. The highest BCUT2D eigenvalue weighted by atomic mass is 16.6. The van der Waals surface area contributed by atoms with Crippen molar-refractivity contribution in [3.8, 4) is 16.9 Å². The smallest absolute Gasteiger partial charge is 0.410 e. The maximum Gasteiger partial charge on any atom is 0.410 e. The Morgan fingerprint density at radius 3 is 2.14 bits per heavy atom. The first-order valence-electron chi connectivity index (χ1n) is 12.7. The van der Waals surface area contributed by atoms with Gasteiger partial charge in [-0.1, -0.05) is 18.2 Å². The summed E-state index contributed by atoms with van der Waals surface area (Å²) < 4.78 is 11.2. The van der Waals surface area contributed by atoms with E-state index < -0.39 is 5.60 Å². The monoisotopic (exact) mass is 495 g/mol. The molecule has 0 aliphatic heterocycles. The summed E-state index contributed by atoms with van der Waals surface area (Å²) in [6, 6.07) is 14.8. The molecular weight excluding hydrogens is 454 g/mol. The highest BCUT2D eigenvalue weighted by Gasteiger charge is 2.29. The summed E-state index contributed by atoms with van der Waals surface area (Å²) in [5.74, 6) is 0.864. The van der Waals surface area contributed by atoms with Crippen molar-refractivity contribution in [1.29, 1.82) is 0 Å². The normalized spacial score (nSPS) is 17.9. The number of ether oxygens (including phenoxy) is 2. The average molecular weight is 496 g/mol. The first-order chi connectivity index (χ1) is 17.0. The molecule has 2 amide bonds. The van der Waals surface area contributed by atoms with Crippen LogP contribution in [0.15, 0.2) is 42.5 Å². The molecule has 0 heterocycles. The van der Waals surface area contributed by atoms with Crippen molar-refractivity contribution in [3.63, 3.8) is 0 Å². The van der Waals surface area contributed by atoms with Gasteiger partial charge in [-0.15, -0.1) is 0 Å². The van der Waals surface area contributed by atoms with Crippen LogP contribution in [-0.4, -0.2) is 55.8 Å². The van der Waals surface area contributed by atoms with Gasteiger partial charge in [-0.05, 0) is 81.8 Å². The van der Waals surface area contributed by atoms with Gasteiger partial charge in [-0.3, -0.25) is 4.79 Å². The number of carbonyl (C=O) groups excluding carboxylic acids is 2. The Kier molecular flexibility index (Phi) is 9.01. The summed E-state index contributed by atoms with van der Waals surface area (Å²) in [5.41, 5.74) is 3.69. The van der Waals surface area contributed by atoms with Gasteiger partial charge in [0.25, 0.3) is 0 Å². The lowest BCUT2D eigenvalue weighted by Gasteiger charge is -2.36. The Bertz CT molecular complexity index is 1040. The molecule has 7 heteroatoms. The van der Waals surface area contributed by atoms with Crippen LogP contribution in [0.25, 0.3) is 11.1 Å². The molecule has 0 bridgehead atoms. The first-order valence-corrected chi connectivity index (χ1v) is 12.7. The topological polar surface area (TPSA) is 71.1 Å². The van der Waals surface area contributed by atoms with E-state index in [1.807, 2.05) is 58.2 Å². The van der Waals surface area contributed by atoms with Crippen LogP contribution in [0, 0.1) is 0 Å². The van der Waals surface area contributed by atoms with Gasteiger partial charge >= 0.3 is 6.09 Å². The zero-order valence-corrected chi connectivity index (χ0v) is 22.8. The van der Waals surface area contributed by atoms with Gasteiger partial charge in [0.1, 0.15) is 11.4 Å². The summed E-state index contributed by atoms with van der Waals surface area (Å²) in [6.45, 7) is 7.95. The Hall–Kier alpha value is -3.06. The molecule has 0 unspecified atom stereocenters. The van der Waals surface area contributed by atoms with Crippen molar-refractivity contribution in [3.05, 3.63) is 48.0 Å². The van der Waals surface area contributed by atoms with E-state index in [4.69, 9.17) is 9.47 Å². The fourth-order valence-corrected chi connectivity index (χ4v) is 4.56. The minimum absolute atomic E-state index is 0.00563. The summed E-state index contributed by atoms with van der Waals surface area (Å²) in [7, 11) is 5.31. The van der Waals surface area contributed by atoms with E-state index in [1.54, 1.807) is 30.9 Å². The summed E-state index contributed by atoms with van der Waals surface area (Å²) in [5, 5.41) is 3.70. The maximum atomic E-state index is 12.4. The lowest BCUT2D eigenvalue weighted by atomic mass is 9.90. The molecule has 0 radical (unpaired) electrons. The number of carbonyl (C=O) groups is 2. The number of amides is 2. The lowest BCUT2D eigenvalue weighted by molar-refractivity contribution is -0.116. The van der Waals surface area contributed by atoms with E-state index in [-0.39, 0.29) is 18.0 Å². The van der Waals surface area contributed by atoms with Crippen LogP contribution in [0.1, 0.15) is 58.9 Å². The van der Waals surface area contributed by atoms with E-state index in [0.717, 1.165) is 53.8 Å². The van der Waals surface area contributed by atoms with E-state index in [2.05, 4.69) is 17.4 Å². The number of hydrogen-bond acceptors (Lipinski definition) is 5. The van der Waals surface area contributed by atoms with Crippen LogP contribution in [0.3, 0.4) is 0 Å². The molecule has 7 nitrogen and oxygen atoms in total. The zero-order chi connectivity index (χ0) is 26.5. The van der Waals surface area contributed by atoms with Crippen molar-refractivity contribution in [2.24, 2.45) is 0 Å². The molecule has 2 aromatic rings. The van der Waals surface area contributed by atoms with Gasteiger partial charge in [0.05, 0.1) is 7.11 Å². The van der Waals surface area contributed by atoms with Gasteiger partial charge in [0.15, 0.2) is 0 Å². The van der Waals surface area contributed by atoms with E-state index in [0.29, 0.717) is 12.6 Å². The number of anilines is 1. The minimum Gasteiger partial charge on any atom is -0.496 e. The minimum atomic E-state index is -0.482. The van der Waals surface area contributed by atoms with Crippen molar-refractivity contribution in [2.75, 3.05) is 26.1 Å². The Labute approximate surface area is 215 Å². The predicted octanol–water partition coefficient (Wildman–Crippen LogP) is 5.61. The number of rotatable bonds is 7. The second-order valence-corrected chi connectivity index (χ2v) is 10.6. The van der Waals surface area contributed by atoms with Crippen LogP contribution < -0.4 is 15.0 Å². The third kappa shape index (κ3) is 7.23. The van der Waals surface area contributed by atoms with E-state index in [1.165, 1.54) is 0 Å². The molecule has 0 aromatic heterocycles. The SMILES string of the molecule is COc1ccc(-c2ccc(N(C)C(C)=O)cc2)cc1CN[C@H]1CC[C@H](N(C)C(=O)OC(C)(C)C)CC1. The van der Waals surface area contributed by atoms with Crippen LogP contribution in [0.2, 0.25) is 0 Å². The number of nitrogens with zero attached hydrogens (tertiary/aromatic N) is 2. The Morgan fingerprint density at radius 1 is 0.972 bits per heavy atom. The fraction of sp³-hybridized carbons (Fsp3) is 0.517. The molecule has 1 saturated carbocycles. The van der Waals surface area contributed by atoms with Gasteiger partial charge in [-0.25, -0.2) is 4.79 Å². The van der Waals surface area contributed by atoms with Gasteiger partial charge < -0.3 is 24.6 Å². The molecular formula is C29H41N3O4. The summed E-state index contributed by atoms with van der Waals surface area (Å²) >= 11 is 0. The third-order valence-electron chi connectivity index (χ3n) is 6.85. The molecule has 1 aliphatic carbocycles. The maximum absolute atomic E-state index is 12.4. The number of nitrogens with one attached hydrogen (secondary N) is 1. The molecule has 36 heavy (non-hydrogen) atoms. The lowest BCUT2D eigenvalue weighted by Crippen LogP contribution is -2.44. The Balaban J connectivity index is 1.60. The molecule has 196 valence electrons. The predicted molar refractivity (Wildman–Crippen MR) is 144 cm³/mol. The van der Waals surface area contributed by atoms with Crippen molar-refractivity contribution >= 4 is 17.7 Å². The van der Waals surface area contributed by atoms with Gasteiger partial charge in [0, 0.05) is 50.9 Å². The zero-order valence-electron chi connectivity index (χ0n) is 22.8. The van der Waals surface area contributed by atoms with E-state index in [9.17, 15) is 9.59 Å². The molecule has 2 aromatic carbocycles. The van der Waals surface area contributed by atoms with Crippen LogP contribution in [0.5, 0.6) is 5.75 Å². The highest BCUT2D eigenvalue weighted by molar-refractivity contribution is 5.91. The number of benzene rings is 2. The second-order valence-electron chi connectivity index (χ2n) is 10.6. The molecule has 0 saturated heterocycles. The molecule has 1 N–H and O–H groups in total. The van der Waals surface area contributed by atoms with Crippen LogP contribution in [-0.2, 0) is 16.1 Å². The largest absolute Gasteiger partial charge is 0.496 e. The molecule has 3 rings (SSSR count). The summed E-state index contributed by atoms with van der Waals surface area (Å²) in [6.07, 6.45) is 3.66. The number of hydrogen-bond donors (Lipinski definition) is 1. The van der Waals surface area contributed by atoms with Crippen LogP contribution in [0.4, 0.5) is 10.5 Å². The molecule has 0 atom stereocenters. The quantitative estimate of drug-likeness (QED) is 0.540. The Morgan fingerprint density at radius 2 is 1.58 bits per heavy atom.